The third-order valence-electron chi connectivity index (χ3n) is 7.53. The van der Waals surface area contributed by atoms with Gasteiger partial charge in [0.2, 0.25) is 0 Å². The van der Waals surface area contributed by atoms with Crippen molar-refractivity contribution in [2.24, 2.45) is 4.99 Å². The Morgan fingerprint density at radius 3 is 2.50 bits per heavy atom. The maximum absolute atomic E-state index is 13.8. The van der Waals surface area contributed by atoms with Crippen molar-refractivity contribution < 1.29 is 4.79 Å². The highest BCUT2D eigenvalue weighted by atomic mass is 32.2. The molecule has 0 unspecified atom stereocenters. The Hall–Kier alpha value is -4.08. The fourth-order valence-electron chi connectivity index (χ4n) is 5.57. The van der Waals surface area contributed by atoms with Crippen molar-refractivity contribution in [3.63, 3.8) is 0 Å². The van der Waals surface area contributed by atoms with E-state index in [1.807, 2.05) is 77.7 Å². The Balaban J connectivity index is 1.43. The topological polar surface area (TPSA) is 61.4 Å². The lowest BCUT2D eigenvalue weighted by molar-refractivity contribution is -0.123. The smallest absolute Gasteiger partial charge is 0.267 e. The van der Waals surface area contributed by atoms with Crippen molar-refractivity contribution in [1.29, 1.82) is 5.26 Å². The highest BCUT2D eigenvalue weighted by molar-refractivity contribution is 8.18. The largest absolute Gasteiger partial charge is 0.340 e. The van der Waals surface area contributed by atoms with Crippen LogP contribution in [0.2, 0.25) is 0 Å². The van der Waals surface area contributed by atoms with Crippen LogP contribution < -0.4 is 0 Å². The van der Waals surface area contributed by atoms with Gasteiger partial charge in [0.1, 0.15) is 0 Å². The molecule has 0 N–H and O–H groups in total. The van der Waals surface area contributed by atoms with E-state index in [1.165, 1.54) is 11.8 Å². The van der Waals surface area contributed by atoms with Crippen LogP contribution >= 0.6 is 11.8 Å². The number of carbonyl (C=O) groups excluding carboxylic acids is 1. The molecule has 1 amide bonds. The lowest BCUT2D eigenvalue weighted by atomic mass is 10.1. The van der Waals surface area contributed by atoms with Crippen LogP contribution in [0.1, 0.15) is 48.1 Å². The first-order chi connectivity index (χ1) is 18.6. The Morgan fingerprint density at radius 1 is 1.00 bits per heavy atom. The monoisotopic (exact) mass is 516 g/mol. The predicted octanol–water partition coefficient (Wildman–Crippen LogP) is 7.42. The molecule has 1 aliphatic heterocycles. The van der Waals surface area contributed by atoms with Gasteiger partial charge in [-0.1, -0.05) is 67.4 Å². The highest BCUT2D eigenvalue weighted by Gasteiger charge is 2.39. The number of nitriles is 1. The van der Waals surface area contributed by atoms with Crippen molar-refractivity contribution >= 4 is 45.5 Å². The van der Waals surface area contributed by atoms with Crippen LogP contribution in [0.25, 0.3) is 17.0 Å². The fourth-order valence-corrected chi connectivity index (χ4v) is 6.61. The number of hydrogen-bond acceptors (Lipinski definition) is 4. The summed E-state index contributed by atoms with van der Waals surface area (Å²) < 4.78 is 2.25. The van der Waals surface area contributed by atoms with E-state index in [2.05, 4.69) is 29.7 Å². The number of amidine groups is 1. The third kappa shape index (κ3) is 4.44. The molecule has 1 saturated heterocycles. The average Bonchev–Trinajstić information content (AvgIpc) is 3.64. The number of para-hydroxylation sites is 2. The van der Waals surface area contributed by atoms with Crippen molar-refractivity contribution in [3.05, 3.63) is 106 Å². The summed E-state index contributed by atoms with van der Waals surface area (Å²) >= 11 is 1.48. The van der Waals surface area contributed by atoms with Gasteiger partial charge < -0.3 is 4.57 Å². The van der Waals surface area contributed by atoms with Gasteiger partial charge in [0, 0.05) is 34.7 Å². The van der Waals surface area contributed by atoms with E-state index in [0.29, 0.717) is 17.0 Å². The zero-order valence-electron chi connectivity index (χ0n) is 21.3. The van der Waals surface area contributed by atoms with E-state index in [1.54, 1.807) is 0 Å². The average molecular weight is 517 g/mol. The van der Waals surface area contributed by atoms with Crippen molar-refractivity contribution in [2.45, 2.75) is 45.2 Å². The van der Waals surface area contributed by atoms with Gasteiger partial charge >= 0.3 is 0 Å². The normalized spacial score (nSPS) is 18.2. The highest BCUT2D eigenvalue weighted by Crippen LogP contribution is 2.40. The lowest BCUT2D eigenvalue weighted by Gasteiger charge is -2.22. The molecule has 1 saturated carbocycles. The minimum atomic E-state index is 0.0441. The molecule has 4 aromatic rings. The van der Waals surface area contributed by atoms with Gasteiger partial charge in [0.05, 0.1) is 22.2 Å². The standard InChI is InChI=1S/C32H28N4OS/c1-22-28(27-17-9-10-18-29(27)35(22)21-24-12-6-5-11-23(24)20-33)19-30-31(37)36(26-15-7-8-16-26)32(38-30)34-25-13-3-2-4-14-25/h2-6,9-14,17-19,26H,7-8,15-16,21H2,1H3/b30-19-,34-32?. The van der Waals surface area contributed by atoms with Gasteiger partial charge in [-0.2, -0.15) is 5.26 Å². The molecule has 0 radical (unpaired) electrons. The van der Waals surface area contributed by atoms with Gasteiger partial charge in [-0.25, -0.2) is 4.99 Å². The first-order valence-corrected chi connectivity index (χ1v) is 13.9. The van der Waals surface area contributed by atoms with Gasteiger partial charge in [-0.15, -0.1) is 0 Å². The number of thioether (sulfide) groups is 1. The summed E-state index contributed by atoms with van der Waals surface area (Å²) in [5.74, 6) is 0.0441. The number of aromatic nitrogens is 1. The van der Waals surface area contributed by atoms with Crippen molar-refractivity contribution in [2.75, 3.05) is 0 Å². The minimum absolute atomic E-state index is 0.0441. The minimum Gasteiger partial charge on any atom is -0.340 e. The predicted molar refractivity (Wildman–Crippen MR) is 155 cm³/mol. The van der Waals surface area contributed by atoms with E-state index in [-0.39, 0.29) is 11.9 Å². The molecule has 6 rings (SSSR count). The second-order valence-electron chi connectivity index (χ2n) is 9.83. The molecule has 1 aliphatic carbocycles. The molecule has 0 bridgehead atoms. The number of benzene rings is 3. The summed E-state index contributed by atoms with van der Waals surface area (Å²) in [6.45, 7) is 2.69. The number of fused-ring (bicyclic) bond motifs is 1. The Labute approximate surface area is 227 Å². The molecule has 0 spiro atoms. The maximum Gasteiger partial charge on any atom is 0.267 e. The zero-order chi connectivity index (χ0) is 26.1. The molecule has 2 aliphatic rings. The number of nitrogens with zero attached hydrogens (tertiary/aromatic N) is 4. The number of rotatable bonds is 5. The molecule has 188 valence electrons. The molecule has 2 fully saturated rings. The number of amides is 1. The summed E-state index contributed by atoms with van der Waals surface area (Å²) in [5, 5.41) is 11.5. The quantitative estimate of drug-likeness (QED) is 0.259. The summed E-state index contributed by atoms with van der Waals surface area (Å²) in [6.07, 6.45) is 6.38. The van der Waals surface area contributed by atoms with Crippen LogP contribution in [0, 0.1) is 18.3 Å². The number of carbonyl (C=O) groups is 1. The number of aliphatic imine (C=N–C) groups is 1. The Morgan fingerprint density at radius 2 is 1.71 bits per heavy atom. The van der Waals surface area contributed by atoms with Crippen LogP contribution in [0.5, 0.6) is 0 Å². The molecular formula is C32H28N4OS. The third-order valence-corrected chi connectivity index (χ3v) is 8.51. The first kappa shape index (κ1) is 24.3. The molecular weight excluding hydrogens is 488 g/mol. The van der Waals surface area contributed by atoms with E-state index < -0.39 is 0 Å². The molecule has 38 heavy (non-hydrogen) atoms. The fraction of sp³-hybridized carbons (Fsp3) is 0.219. The molecule has 2 heterocycles. The second kappa shape index (κ2) is 10.4. The van der Waals surface area contributed by atoms with Crippen LogP contribution in [0.15, 0.2) is 88.8 Å². The summed E-state index contributed by atoms with van der Waals surface area (Å²) in [6, 6.07) is 28.4. The molecule has 6 heteroatoms. The van der Waals surface area contributed by atoms with Crippen LogP contribution in [-0.4, -0.2) is 26.6 Å². The molecule has 1 aromatic heterocycles. The van der Waals surface area contributed by atoms with Crippen LogP contribution in [0.3, 0.4) is 0 Å². The maximum atomic E-state index is 13.8. The Kier molecular flexibility index (Phi) is 6.61. The van der Waals surface area contributed by atoms with Crippen LogP contribution in [0.4, 0.5) is 5.69 Å². The van der Waals surface area contributed by atoms with E-state index in [4.69, 9.17) is 4.99 Å². The van der Waals surface area contributed by atoms with Crippen molar-refractivity contribution in [3.8, 4) is 6.07 Å². The van der Waals surface area contributed by atoms with Gasteiger partial charge in [-0.3, -0.25) is 9.69 Å². The Bertz CT molecular complexity index is 1620. The first-order valence-electron chi connectivity index (χ1n) is 13.1. The van der Waals surface area contributed by atoms with Gasteiger partial charge in [0.25, 0.3) is 5.91 Å². The van der Waals surface area contributed by atoms with Gasteiger partial charge in [-0.05, 0) is 67.4 Å². The SMILES string of the molecule is Cc1c(/C=C2\SC(=Nc3ccccc3)N(C3CCCC3)C2=O)c2ccccc2n1Cc1ccccc1C#N. The van der Waals surface area contributed by atoms with Gasteiger partial charge in [0.15, 0.2) is 5.17 Å². The molecule has 3 aromatic carbocycles. The van der Waals surface area contributed by atoms with Crippen LogP contribution in [-0.2, 0) is 11.3 Å². The summed E-state index contributed by atoms with van der Waals surface area (Å²) in [4.78, 5) is 21.4. The van der Waals surface area contributed by atoms with Crippen molar-refractivity contribution in [1.82, 2.24) is 9.47 Å². The molecule has 5 nitrogen and oxygen atoms in total. The zero-order valence-corrected chi connectivity index (χ0v) is 22.1. The summed E-state index contributed by atoms with van der Waals surface area (Å²) in [7, 11) is 0. The number of hydrogen-bond donors (Lipinski definition) is 0. The van der Waals surface area contributed by atoms with E-state index in [0.717, 1.165) is 64.3 Å². The summed E-state index contributed by atoms with van der Waals surface area (Å²) in [5.41, 5.74) is 5.72. The van der Waals surface area contributed by atoms with E-state index in [9.17, 15) is 10.1 Å². The molecule has 0 atom stereocenters. The van der Waals surface area contributed by atoms with E-state index >= 15 is 0 Å². The second-order valence-corrected chi connectivity index (χ2v) is 10.8. The lowest BCUT2D eigenvalue weighted by Crippen LogP contribution is -2.37.